The lowest BCUT2D eigenvalue weighted by Gasteiger charge is -2.37. The minimum absolute atomic E-state index is 0.150. The van der Waals surface area contributed by atoms with Crippen LogP contribution in [0.4, 0.5) is 24.7 Å². The van der Waals surface area contributed by atoms with E-state index in [1.54, 1.807) is 18.2 Å². The molecule has 0 spiro atoms. The predicted octanol–water partition coefficient (Wildman–Crippen LogP) is 6.85. The lowest BCUT2D eigenvalue weighted by atomic mass is 9.89. The Morgan fingerprint density at radius 1 is 1.00 bits per heavy atom. The fraction of sp³-hybridized carbons (Fsp3) is 0.484. The largest absolute Gasteiger partial charge is 0.435 e. The van der Waals surface area contributed by atoms with Gasteiger partial charge in [-0.15, -0.1) is 0 Å². The van der Waals surface area contributed by atoms with E-state index in [0.29, 0.717) is 42.4 Å². The van der Waals surface area contributed by atoms with Crippen LogP contribution in [0.3, 0.4) is 0 Å². The molecule has 2 aromatic rings. The Bertz CT molecular complexity index is 1230. The highest BCUT2D eigenvalue weighted by Crippen LogP contribution is 2.37. The Hall–Kier alpha value is -3.49. The highest BCUT2D eigenvalue weighted by Gasteiger charge is 2.41. The lowest BCUT2D eigenvalue weighted by molar-refractivity contribution is -0.119. The van der Waals surface area contributed by atoms with Crippen molar-refractivity contribution in [3.05, 3.63) is 77.5 Å². The standard InChI is InChI=1S/C31H37F3N4O2/c1-21-17-22(2)20-38(19-21)28-10-6-9-26(31(32,33)34)29(40-28)30(39)36-25-11-12-27(35-18-25)37-15-13-24(14-16-37)23-7-4-3-5-8-23/h3-5,7-8,10-12,18,21-22,24H,6,9,13-17,19-20H2,1-2H3,(H,36,39). The van der Waals surface area contributed by atoms with Gasteiger partial charge >= 0.3 is 6.18 Å². The van der Waals surface area contributed by atoms with Gasteiger partial charge in [-0.3, -0.25) is 4.79 Å². The van der Waals surface area contributed by atoms with Gasteiger partial charge in [0.15, 0.2) is 5.88 Å². The summed E-state index contributed by atoms with van der Waals surface area (Å²) in [5, 5.41) is 2.59. The van der Waals surface area contributed by atoms with Crippen LogP contribution in [0.1, 0.15) is 57.4 Å². The number of carbonyl (C=O) groups excluding carboxylic acids is 1. The monoisotopic (exact) mass is 554 g/mol. The molecule has 6 nitrogen and oxygen atoms in total. The smallest absolute Gasteiger partial charge is 0.416 e. The van der Waals surface area contributed by atoms with Gasteiger partial charge in [-0.1, -0.05) is 44.2 Å². The molecule has 2 saturated heterocycles. The summed E-state index contributed by atoms with van der Waals surface area (Å²) >= 11 is 0. The molecule has 214 valence electrons. The maximum Gasteiger partial charge on any atom is 0.416 e. The van der Waals surface area contributed by atoms with Crippen molar-refractivity contribution >= 4 is 17.4 Å². The molecule has 0 radical (unpaired) electrons. The average Bonchev–Trinajstić information content (AvgIpc) is 3.18. The van der Waals surface area contributed by atoms with E-state index in [9.17, 15) is 18.0 Å². The number of pyridine rings is 1. The van der Waals surface area contributed by atoms with Gasteiger partial charge in [0, 0.05) is 26.2 Å². The second-order valence-corrected chi connectivity index (χ2v) is 11.4. The zero-order valence-corrected chi connectivity index (χ0v) is 23.1. The van der Waals surface area contributed by atoms with Gasteiger partial charge < -0.3 is 19.9 Å². The Kier molecular flexibility index (Phi) is 8.38. The average molecular weight is 555 g/mol. The molecule has 0 saturated carbocycles. The molecule has 0 bridgehead atoms. The topological polar surface area (TPSA) is 57.7 Å². The van der Waals surface area contributed by atoms with Crippen molar-refractivity contribution < 1.29 is 22.7 Å². The first-order chi connectivity index (χ1) is 19.2. The van der Waals surface area contributed by atoms with Crippen molar-refractivity contribution in [2.45, 2.75) is 58.0 Å². The molecule has 5 rings (SSSR count). The first-order valence-corrected chi connectivity index (χ1v) is 14.2. The van der Waals surface area contributed by atoms with E-state index in [-0.39, 0.29) is 12.8 Å². The first-order valence-electron chi connectivity index (χ1n) is 14.2. The zero-order chi connectivity index (χ0) is 28.3. The van der Waals surface area contributed by atoms with Crippen LogP contribution in [0.15, 0.2) is 72.0 Å². The molecular formula is C31H37F3N4O2. The molecule has 2 atom stereocenters. The number of aromatic nitrogens is 1. The second-order valence-electron chi connectivity index (χ2n) is 11.4. The third-order valence-electron chi connectivity index (χ3n) is 8.02. The molecule has 2 unspecified atom stereocenters. The van der Waals surface area contributed by atoms with Crippen molar-refractivity contribution in [1.29, 1.82) is 0 Å². The number of hydrogen-bond acceptors (Lipinski definition) is 5. The van der Waals surface area contributed by atoms with Crippen LogP contribution in [-0.2, 0) is 9.53 Å². The number of nitrogens with one attached hydrogen (secondary N) is 1. The Morgan fingerprint density at radius 3 is 2.33 bits per heavy atom. The van der Waals surface area contributed by atoms with Gasteiger partial charge in [-0.2, -0.15) is 13.2 Å². The minimum atomic E-state index is -4.67. The zero-order valence-electron chi connectivity index (χ0n) is 23.1. The molecular weight excluding hydrogens is 517 g/mol. The number of rotatable bonds is 5. The highest BCUT2D eigenvalue weighted by molar-refractivity contribution is 6.03. The van der Waals surface area contributed by atoms with Crippen LogP contribution in [0, 0.1) is 11.8 Å². The number of likely N-dealkylation sites (tertiary alicyclic amines) is 1. The van der Waals surface area contributed by atoms with Gasteiger partial charge in [0.05, 0.1) is 17.5 Å². The van der Waals surface area contributed by atoms with Crippen molar-refractivity contribution in [3.8, 4) is 0 Å². The fourth-order valence-electron chi connectivity index (χ4n) is 6.15. The number of halogens is 3. The highest BCUT2D eigenvalue weighted by atomic mass is 19.4. The third kappa shape index (κ3) is 6.62. The summed E-state index contributed by atoms with van der Waals surface area (Å²) in [7, 11) is 0. The van der Waals surface area contributed by atoms with E-state index in [2.05, 4.69) is 53.3 Å². The fourth-order valence-corrected chi connectivity index (χ4v) is 6.15. The summed E-state index contributed by atoms with van der Waals surface area (Å²) in [6.45, 7) is 7.31. The number of amides is 1. The van der Waals surface area contributed by atoms with Crippen LogP contribution in [0.2, 0.25) is 0 Å². The summed E-state index contributed by atoms with van der Waals surface area (Å²) in [4.78, 5) is 21.9. The van der Waals surface area contributed by atoms with Gasteiger partial charge in [0.25, 0.3) is 5.91 Å². The second kappa shape index (κ2) is 11.9. The van der Waals surface area contributed by atoms with E-state index in [4.69, 9.17) is 4.74 Å². The maximum atomic E-state index is 14.0. The molecule has 1 amide bonds. The van der Waals surface area contributed by atoms with Crippen molar-refractivity contribution in [3.63, 3.8) is 0 Å². The number of alkyl halides is 3. The lowest BCUT2D eigenvalue weighted by Crippen LogP contribution is -2.39. The number of benzene rings is 1. The third-order valence-corrected chi connectivity index (χ3v) is 8.02. The summed E-state index contributed by atoms with van der Waals surface area (Å²) in [5.74, 6) is 0.786. The van der Waals surface area contributed by atoms with E-state index in [0.717, 1.165) is 38.2 Å². The molecule has 0 aliphatic carbocycles. The minimum Gasteiger partial charge on any atom is -0.435 e. The van der Waals surface area contributed by atoms with E-state index >= 15 is 0 Å². The Labute approximate surface area is 233 Å². The molecule has 1 aromatic heterocycles. The summed E-state index contributed by atoms with van der Waals surface area (Å²) < 4.78 is 47.8. The van der Waals surface area contributed by atoms with E-state index in [1.807, 2.05) is 11.0 Å². The number of carbonyl (C=O) groups is 1. The predicted molar refractivity (Wildman–Crippen MR) is 149 cm³/mol. The van der Waals surface area contributed by atoms with Gasteiger partial charge in [0.1, 0.15) is 5.82 Å². The number of anilines is 2. The van der Waals surface area contributed by atoms with Crippen LogP contribution in [0.5, 0.6) is 0 Å². The molecule has 2 fully saturated rings. The molecule has 1 aromatic carbocycles. The number of piperidine rings is 2. The van der Waals surface area contributed by atoms with E-state index in [1.165, 1.54) is 11.8 Å². The summed E-state index contributed by atoms with van der Waals surface area (Å²) in [6, 6.07) is 14.0. The van der Waals surface area contributed by atoms with Crippen LogP contribution in [0.25, 0.3) is 0 Å². The van der Waals surface area contributed by atoms with Gasteiger partial charge in [-0.05, 0) is 73.6 Å². The van der Waals surface area contributed by atoms with Crippen LogP contribution in [-0.4, -0.2) is 48.1 Å². The molecule has 40 heavy (non-hydrogen) atoms. The van der Waals surface area contributed by atoms with E-state index < -0.39 is 23.4 Å². The Morgan fingerprint density at radius 2 is 1.70 bits per heavy atom. The summed E-state index contributed by atoms with van der Waals surface area (Å²) in [6.07, 6.45) is 1.41. The molecule has 3 aliphatic heterocycles. The SMILES string of the molecule is CC1CC(C)CN(C2=CCCC(C(F)(F)F)=C(C(=O)Nc3ccc(N4CCC(c5ccccc5)CC4)nc3)O2)C1. The van der Waals surface area contributed by atoms with Crippen LogP contribution >= 0.6 is 0 Å². The molecule has 4 heterocycles. The first kappa shape index (κ1) is 28.1. The van der Waals surface area contributed by atoms with Gasteiger partial charge in [-0.25, -0.2) is 4.98 Å². The summed E-state index contributed by atoms with van der Waals surface area (Å²) in [5.41, 5.74) is 0.726. The number of hydrogen-bond donors (Lipinski definition) is 1. The number of allylic oxidation sites excluding steroid dienone is 2. The number of nitrogens with zero attached hydrogens (tertiary/aromatic N) is 3. The van der Waals surface area contributed by atoms with Crippen molar-refractivity contribution in [2.75, 3.05) is 36.4 Å². The molecule has 3 aliphatic rings. The normalized spacial score (nSPS) is 22.9. The molecule has 9 heteroatoms. The Balaban J connectivity index is 1.26. The quantitative estimate of drug-likeness (QED) is 0.438. The van der Waals surface area contributed by atoms with Crippen LogP contribution < -0.4 is 10.2 Å². The van der Waals surface area contributed by atoms with Crippen molar-refractivity contribution in [1.82, 2.24) is 9.88 Å². The number of ether oxygens (including phenoxy) is 1. The van der Waals surface area contributed by atoms with Crippen molar-refractivity contribution in [2.24, 2.45) is 11.8 Å². The molecule has 1 N–H and O–H groups in total. The maximum absolute atomic E-state index is 14.0. The van der Waals surface area contributed by atoms with Gasteiger partial charge in [0.2, 0.25) is 5.76 Å².